The van der Waals surface area contributed by atoms with Gasteiger partial charge in [-0.25, -0.2) is 4.79 Å². The molecule has 0 aromatic heterocycles. The fraction of sp³-hybridized carbons (Fsp3) is 0.211. The van der Waals surface area contributed by atoms with Crippen molar-refractivity contribution in [1.29, 1.82) is 0 Å². The van der Waals surface area contributed by atoms with E-state index in [-0.39, 0.29) is 11.7 Å². The summed E-state index contributed by atoms with van der Waals surface area (Å²) in [4.78, 5) is 11.5. The van der Waals surface area contributed by atoms with E-state index in [4.69, 9.17) is 4.74 Å². The fourth-order valence-electron chi connectivity index (χ4n) is 2.85. The minimum absolute atomic E-state index is 0.121. The van der Waals surface area contributed by atoms with Crippen LogP contribution in [0.15, 0.2) is 48.5 Å². The van der Waals surface area contributed by atoms with Gasteiger partial charge in [-0.15, -0.1) is 0 Å². The Kier molecular flexibility index (Phi) is 3.92. The zero-order valence-corrected chi connectivity index (χ0v) is 13.0. The number of carboxylic acids is 1. The largest absolute Gasteiger partial charge is 0.489 e. The number of hydrogen-bond acceptors (Lipinski definition) is 3. The van der Waals surface area contributed by atoms with Gasteiger partial charge in [-0.3, -0.25) is 0 Å². The maximum Gasteiger partial charge on any atom is 0.339 e. The number of rotatable bonds is 4. The number of carboxylic acid groups (broad SMARTS) is 1. The van der Waals surface area contributed by atoms with Crippen molar-refractivity contribution in [2.75, 3.05) is 0 Å². The summed E-state index contributed by atoms with van der Waals surface area (Å²) < 4.78 is 5.80. The normalized spacial score (nSPS) is 16.2. The third-order valence-electron chi connectivity index (χ3n) is 3.78. The second-order valence-corrected chi connectivity index (χ2v) is 5.77. The van der Waals surface area contributed by atoms with Crippen molar-refractivity contribution in [2.45, 2.75) is 26.1 Å². The van der Waals surface area contributed by atoms with E-state index in [0.717, 1.165) is 16.7 Å². The van der Waals surface area contributed by atoms with Crippen LogP contribution in [0.5, 0.6) is 5.75 Å². The average Bonchev–Trinajstić information content (AvgIpc) is 2.84. The minimum atomic E-state index is -1.03. The fourth-order valence-corrected chi connectivity index (χ4v) is 2.85. The minimum Gasteiger partial charge on any atom is -0.489 e. The van der Waals surface area contributed by atoms with Crippen molar-refractivity contribution < 1.29 is 19.7 Å². The molecule has 118 valence electrons. The molecule has 4 heteroatoms. The zero-order valence-electron chi connectivity index (χ0n) is 13.0. The Labute approximate surface area is 134 Å². The average molecular weight is 310 g/mol. The number of fused-ring (bicyclic) bond motifs is 1. The molecule has 0 aliphatic heterocycles. The quantitative estimate of drug-likeness (QED) is 0.904. The Morgan fingerprint density at radius 3 is 2.48 bits per heavy atom. The van der Waals surface area contributed by atoms with Crippen LogP contribution in [0, 0.1) is 0 Å². The highest BCUT2D eigenvalue weighted by Gasteiger charge is 2.26. The van der Waals surface area contributed by atoms with E-state index >= 15 is 0 Å². The molecule has 0 spiro atoms. The summed E-state index contributed by atoms with van der Waals surface area (Å²) in [7, 11) is 0. The SMILES string of the molecule is CC(C)Oc1c(C(=O)O)cccc1C1=CC(O)c2ccccc21. The second kappa shape index (κ2) is 5.89. The van der Waals surface area contributed by atoms with Crippen molar-refractivity contribution in [1.82, 2.24) is 0 Å². The number of para-hydroxylation sites is 1. The highest BCUT2D eigenvalue weighted by molar-refractivity contribution is 5.96. The summed E-state index contributed by atoms with van der Waals surface area (Å²) in [5.41, 5.74) is 3.32. The van der Waals surface area contributed by atoms with Gasteiger partial charge < -0.3 is 14.9 Å². The molecule has 0 saturated heterocycles. The van der Waals surface area contributed by atoms with Crippen molar-refractivity contribution in [3.8, 4) is 5.75 Å². The first-order chi connectivity index (χ1) is 11.0. The van der Waals surface area contributed by atoms with Crippen LogP contribution in [-0.4, -0.2) is 22.3 Å². The number of carbonyl (C=O) groups is 1. The third kappa shape index (κ3) is 2.73. The first kappa shape index (κ1) is 15.3. The lowest BCUT2D eigenvalue weighted by Crippen LogP contribution is -2.12. The van der Waals surface area contributed by atoms with E-state index in [9.17, 15) is 15.0 Å². The van der Waals surface area contributed by atoms with Crippen LogP contribution in [0.4, 0.5) is 0 Å². The molecule has 3 rings (SSSR count). The smallest absolute Gasteiger partial charge is 0.339 e. The van der Waals surface area contributed by atoms with Crippen LogP contribution < -0.4 is 4.74 Å². The molecule has 1 aliphatic rings. The van der Waals surface area contributed by atoms with Crippen LogP contribution in [0.1, 0.15) is 47.0 Å². The molecule has 0 fully saturated rings. The molecule has 4 nitrogen and oxygen atoms in total. The molecular weight excluding hydrogens is 292 g/mol. The lowest BCUT2D eigenvalue weighted by Gasteiger charge is -2.18. The van der Waals surface area contributed by atoms with E-state index < -0.39 is 12.1 Å². The van der Waals surface area contributed by atoms with Crippen LogP contribution in [0.3, 0.4) is 0 Å². The van der Waals surface area contributed by atoms with Gasteiger partial charge in [0.25, 0.3) is 0 Å². The molecule has 1 aliphatic carbocycles. The third-order valence-corrected chi connectivity index (χ3v) is 3.78. The van der Waals surface area contributed by atoms with Crippen LogP contribution >= 0.6 is 0 Å². The van der Waals surface area contributed by atoms with Gasteiger partial charge in [0.1, 0.15) is 11.3 Å². The highest BCUT2D eigenvalue weighted by Crippen LogP contribution is 2.42. The maximum absolute atomic E-state index is 11.5. The molecule has 0 saturated carbocycles. The number of benzene rings is 2. The second-order valence-electron chi connectivity index (χ2n) is 5.77. The van der Waals surface area contributed by atoms with E-state index in [0.29, 0.717) is 11.3 Å². The number of aliphatic hydroxyl groups is 1. The molecular formula is C19H18O4. The van der Waals surface area contributed by atoms with Gasteiger partial charge in [0.15, 0.2) is 0 Å². The Morgan fingerprint density at radius 2 is 1.78 bits per heavy atom. The first-order valence-electron chi connectivity index (χ1n) is 7.51. The highest BCUT2D eigenvalue weighted by atomic mass is 16.5. The van der Waals surface area contributed by atoms with E-state index in [1.165, 1.54) is 6.07 Å². The molecule has 2 aromatic carbocycles. The molecule has 23 heavy (non-hydrogen) atoms. The van der Waals surface area contributed by atoms with E-state index in [2.05, 4.69) is 0 Å². The molecule has 0 bridgehead atoms. The van der Waals surface area contributed by atoms with Crippen molar-refractivity contribution in [3.05, 3.63) is 70.8 Å². The van der Waals surface area contributed by atoms with Gasteiger partial charge in [-0.1, -0.05) is 36.4 Å². The summed E-state index contributed by atoms with van der Waals surface area (Å²) in [6, 6.07) is 12.6. The number of aliphatic hydroxyl groups excluding tert-OH is 1. The summed E-state index contributed by atoms with van der Waals surface area (Å²) in [6.45, 7) is 3.71. The number of aromatic carboxylic acids is 1. The molecule has 0 radical (unpaired) electrons. The van der Waals surface area contributed by atoms with Gasteiger partial charge in [0.05, 0.1) is 12.2 Å². The summed E-state index contributed by atoms with van der Waals surface area (Å²) in [5.74, 6) is -0.694. The van der Waals surface area contributed by atoms with Crippen LogP contribution in [0.2, 0.25) is 0 Å². The van der Waals surface area contributed by atoms with Crippen LogP contribution in [-0.2, 0) is 0 Å². The predicted molar refractivity (Wildman–Crippen MR) is 87.6 cm³/mol. The van der Waals surface area contributed by atoms with Gasteiger partial charge in [0, 0.05) is 5.56 Å². The summed E-state index contributed by atoms with van der Waals surface area (Å²) >= 11 is 0. The molecule has 2 N–H and O–H groups in total. The topological polar surface area (TPSA) is 66.8 Å². The Hall–Kier alpha value is -2.59. The standard InChI is InChI=1S/C19H18O4/c1-11(2)23-18-14(8-5-9-15(18)19(21)22)16-10-17(20)13-7-4-3-6-12(13)16/h3-11,17,20H,1-2H3,(H,21,22). The molecule has 1 unspecified atom stereocenters. The summed E-state index contributed by atoms with van der Waals surface area (Å²) in [6.07, 6.45) is 0.886. The van der Waals surface area contributed by atoms with Gasteiger partial charge >= 0.3 is 5.97 Å². The van der Waals surface area contributed by atoms with E-state index in [1.54, 1.807) is 12.1 Å². The van der Waals surface area contributed by atoms with Crippen LogP contribution in [0.25, 0.3) is 5.57 Å². The van der Waals surface area contributed by atoms with Crippen molar-refractivity contribution in [3.63, 3.8) is 0 Å². The van der Waals surface area contributed by atoms with Gasteiger partial charge in [-0.2, -0.15) is 0 Å². The number of ether oxygens (including phenoxy) is 1. The Balaban J connectivity index is 2.19. The number of hydrogen-bond donors (Lipinski definition) is 2. The lowest BCUT2D eigenvalue weighted by molar-refractivity contribution is 0.0690. The monoisotopic (exact) mass is 310 g/mol. The first-order valence-corrected chi connectivity index (χ1v) is 7.51. The maximum atomic E-state index is 11.5. The molecule has 0 amide bonds. The van der Waals surface area contributed by atoms with Gasteiger partial charge in [-0.05, 0) is 42.7 Å². The molecule has 1 atom stereocenters. The predicted octanol–water partition coefficient (Wildman–Crippen LogP) is 3.65. The summed E-state index contributed by atoms with van der Waals surface area (Å²) in [5, 5.41) is 19.7. The van der Waals surface area contributed by atoms with Crippen molar-refractivity contribution >= 4 is 11.5 Å². The lowest BCUT2D eigenvalue weighted by atomic mass is 9.96. The Morgan fingerprint density at radius 1 is 1.09 bits per heavy atom. The molecule has 0 heterocycles. The zero-order chi connectivity index (χ0) is 16.6. The van der Waals surface area contributed by atoms with Crippen molar-refractivity contribution in [2.24, 2.45) is 0 Å². The van der Waals surface area contributed by atoms with E-state index in [1.807, 2.05) is 44.2 Å². The van der Waals surface area contributed by atoms with Gasteiger partial charge in [0.2, 0.25) is 0 Å². The Bertz CT molecular complexity index is 790. The molecule has 2 aromatic rings.